The highest BCUT2D eigenvalue weighted by Gasteiger charge is 2.27. The lowest BCUT2D eigenvalue weighted by atomic mass is 10.1. The summed E-state index contributed by atoms with van der Waals surface area (Å²) >= 11 is 0. The molecule has 2 aromatic heterocycles. The number of piperidine rings is 1. The Balaban J connectivity index is 1.42. The molecule has 140 valence electrons. The number of rotatable bonds is 4. The predicted molar refractivity (Wildman–Crippen MR) is 96.5 cm³/mol. The maximum Gasteiger partial charge on any atom is 0.244 e. The molecule has 0 saturated carbocycles. The van der Waals surface area contributed by atoms with Crippen LogP contribution in [-0.4, -0.2) is 66.9 Å². The van der Waals surface area contributed by atoms with Crippen molar-refractivity contribution >= 4 is 15.8 Å². The van der Waals surface area contributed by atoms with Crippen LogP contribution in [0.3, 0.4) is 0 Å². The molecular formula is C17H23N5O3S. The van der Waals surface area contributed by atoms with E-state index in [0.29, 0.717) is 32.3 Å². The minimum Gasteiger partial charge on any atom is -0.379 e. The van der Waals surface area contributed by atoms with Crippen molar-refractivity contribution in [2.45, 2.75) is 23.8 Å². The lowest BCUT2D eigenvalue weighted by molar-refractivity contribution is 0.0730. The van der Waals surface area contributed by atoms with Crippen LogP contribution < -0.4 is 4.90 Å². The van der Waals surface area contributed by atoms with Crippen molar-refractivity contribution in [2.24, 2.45) is 0 Å². The van der Waals surface area contributed by atoms with Crippen molar-refractivity contribution in [3.05, 3.63) is 36.8 Å². The largest absolute Gasteiger partial charge is 0.379 e. The molecule has 2 aliphatic heterocycles. The van der Waals surface area contributed by atoms with Gasteiger partial charge in [-0.2, -0.15) is 9.40 Å². The highest BCUT2D eigenvalue weighted by molar-refractivity contribution is 7.89. The van der Waals surface area contributed by atoms with Crippen molar-refractivity contribution in [1.82, 2.24) is 19.1 Å². The van der Waals surface area contributed by atoms with E-state index in [-0.39, 0.29) is 4.90 Å². The van der Waals surface area contributed by atoms with Crippen LogP contribution in [0.4, 0.5) is 5.82 Å². The number of ether oxygens (including phenoxy) is 1. The number of hydrogen-bond acceptors (Lipinski definition) is 6. The fourth-order valence-electron chi connectivity index (χ4n) is 3.50. The maximum absolute atomic E-state index is 12.7. The molecule has 2 saturated heterocycles. The van der Waals surface area contributed by atoms with Crippen molar-refractivity contribution in [3.63, 3.8) is 0 Å². The van der Waals surface area contributed by atoms with Gasteiger partial charge in [-0.15, -0.1) is 0 Å². The van der Waals surface area contributed by atoms with E-state index >= 15 is 0 Å². The van der Waals surface area contributed by atoms with Crippen LogP contribution in [0.25, 0.3) is 0 Å². The van der Waals surface area contributed by atoms with Crippen molar-refractivity contribution < 1.29 is 13.2 Å². The first kappa shape index (κ1) is 17.4. The van der Waals surface area contributed by atoms with Gasteiger partial charge in [0, 0.05) is 44.8 Å². The summed E-state index contributed by atoms with van der Waals surface area (Å²) in [5.41, 5.74) is 0. The third-order valence-corrected chi connectivity index (χ3v) is 6.90. The van der Waals surface area contributed by atoms with E-state index < -0.39 is 10.0 Å². The predicted octanol–water partition coefficient (Wildman–Crippen LogP) is 1.14. The Hall–Kier alpha value is -1.97. The van der Waals surface area contributed by atoms with Gasteiger partial charge in [0.1, 0.15) is 10.7 Å². The van der Waals surface area contributed by atoms with Crippen LogP contribution in [0.15, 0.2) is 41.7 Å². The van der Waals surface area contributed by atoms with Gasteiger partial charge in [0.05, 0.1) is 19.3 Å². The van der Waals surface area contributed by atoms with Gasteiger partial charge in [-0.25, -0.2) is 13.4 Å². The lowest BCUT2D eigenvalue weighted by Crippen LogP contribution is -2.40. The van der Waals surface area contributed by atoms with Gasteiger partial charge < -0.3 is 9.64 Å². The summed E-state index contributed by atoms with van der Waals surface area (Å²) in [6, 6.07) is 5.83. The molecule has 0 bridgehead atoms. The first-order chi connectivity index (χ1) is 12.6. The summed E-state index contributed by atoms with van der Waals surface area (Å²) in [5.74, 6) is 0.824. The fourth-order valence-corrected chi connectivity index (χ4v) is 4.86. The summed E-state index contributed by atoms with van der Waals surface area (Å²) in [4.78, 5) is 6.86. The quantitative estimate of drug-likeness (QED) is 0.795. The molecule has 0 aromatic carbocycles. The summed E-state index contributed by atoms with van der Waals surface area (Å²) in [6.07, 6.45) is 7.28. The van der Waals surface area contributed by atoms with Gasteiger partial charge in [-0.3, -0.25) is 4.68 Å². The number of anilines is 1. The second kappa shape index (κ2) is 7.34. The van der Waals surface area contributed by atoms with E-state index in [9.17, 15) is 8.42 Å². The van der Waals surface area contributed by atoms with E-state index in [4.69, 9.17) is 4.74 Å². The molecule has 0 N–H and O–H groups in total. The van der Waals surface area contributed by atoms with Gasteiger partial charge in [0.15, 0.2) is 0 Å². The zero-order valence-electron chi connectivity index (χ0n) is 14.6. The van der Waals surface area contributed by atoms with Crippen LogP contribution in [0.2, 0.25) is 0 Å². The third-order valence-electron chi connectivity index (χ3n) is 5.02. The monoisotopic (exact) mass is 377 g/mol. The highest BCUT2D eigenvalue weighted by atomic mass is 32.2. The van der Waals surface area contributed by atoms with E-state index in [1.54, 1.807) is 6.07 Å². The second-order valence-corrected chi connectivity index (χ2v) is 8.51. The van der Waals surface area contributed by atoms with Gasteiger partial charge in [0.2, 0.25) is 10.0 Å². The summed E-state index contributed by atoms with van der Waals surface area (Å²) in [5, 5.41) is 4.32. The van der Waals surface area contributed by atoms with Crippen molar-refractivity contribution in [3.8, 4) is 0 Å². The molecule has 2 aromatic rings. The summed E-state index contributed by atoms with van der Waals surface area (Å²) < 4.78 is 34.0. The molecule has 0 aliphatic carbocycles. The topological polar surface area (TPSA) is 80.6 Å². The average molecular weight is 377 g/mol. The lowest BCUT2D eigenvalue weighted by Gasteiger charge is -2.33. The van der Waals surface area contributed by atoms with Crippen molar-refractivity contribution in [2.75, 3.05) is 44.3 Å². The number of pyridine rings is 1. The Morgan fingerprint density at radius 2 is 1.85 bits per heavy atom. The normalized spacial score (nSPS) is 20.4. The standard InChI is InChI=1S/C17H23N5O3S/c23-26(24,21-10-12-25-13-11-21)16-2-3-17(18-14-16)20-8-4-15(5-9-20)22-7-1-6-19-22/h1-3,6-7,14-15H,4-5,8-13H2. The van der Waals surface area contributed by atoms with Crippen LogP contribution >= 0.6 is 0 Å². The van der Waals surface area contributed by atoms with Gasteiger partial charge in [-0.1, -0.05) is 0 Å². The van der Waals surface area contributed by atoms with Gasteiger partial charge in [0.25, 0.3) is 0 Å². The molecule has 8 nitrogen and oxygen atoms in total. The van der Waals surface area contributed by atoms with E-state index in [1.165, 1.54) is 10.5 Å². The Bertz CT molecular complexity index is 809. The molecule has 0 atom stereocenters. The Kier molecular flexibility index (Phi) is 4.92. The first-order valence-corrected chi connectivity index (χ1v) is 10.4. The minimum atomic E-state index is -3.49. The first-order valence-electron chi connectivity index (χ1n) is 8.92. The van der Waals surface area contributed by atoms with Crippen LogP contribution in [0.5, 0.6) is 0 Å². The Morgan fingerprint density at radius 3 is 2.46 bits per heavy atom. The van der Waals surface area contributed by atoms with E-state index in [0.717, 1.165) is 31.7 Å². The highest BCUT2D eigenvalue weighted by Crippen LogP contribution is 2.26. The van der Waals surface area contributed by atoms with E-state index in [1.807, 2.05) is 29.2 Å². The third kappa shape index (κ3) is 3.46. The Morgan fingerprint density at radius 1 is 1.08 bits per heavy atom. The molecule has 2 aliphatic rings. The van der Waals surface area contributed by atoms with Gasteiger partial charge >= 0.3 is 0 Å². The molecule has 9 heteroatoms. The molecule has 0 unspecified atom stereocenters. The minimum absolute atomic E-state index is 0.245. The average Bonchev–Trinajstić information content (AvgIpc) is 3.24. The smallest absolute Gasteiger partial charge is 0.244 e. The summed E-state index contributed by atoms with van der Waals surface area (Å²) in [6.45, 7) is 3.43. The Labute approximate surface area is 153 Å². The number of sulfonamides is 1. The van der Waals surface area contributed by atoms with Crippen LogP contribution in [0, 0.1) is 0 Å². The number of hydrogen-bond donors (Lipinski definition) is 0. The van der Waals surface area contributed by atoms with E-state index in [2.05, 4.69) is 15.0 Å². The molecule has 4 rings (SSSR count). The molecular weight excluding hydrogens is 354 g/mol. The maximum atomic E-state index is 12.7. The molecule has 0 amide bonds. The fraction of sp³-hybridized carbons (Fsp3) is 0.529. The summed E-state index contributed by atoms with van der Waals surface area (Å²) in [7, 11) is -3.49. The molecule has 4 heterocycles. The van der Waals surface area contributed by atoms with Gasteiger partial charge in [-0.05, 0) is 31.0 Å². The van der Waals surface area contributed by atoms with Crippen LogP contribution in [0.1, 0.15) is 18.9 Å². The molecule has 0 spiro atoms. The SMILES string of the molecule is O=S(=O)(c1ccc(N2CCC(n3cccn3)CC2)nc1)N1CCOCC1. The molecule has 0 radical (unpaired) electrons. The zero-order chi connectivity index (χ0) is 18.0. The number of nitrogens with zero attached hydrogens (tertiary/aromatic N) is 5. The molecule has 2 fully saturated rings. The number of morpholine rings is 1. The number of aromatic nitrogens is 3. The van der Waals surface area contributed by atoms with Crippen molar-refractivity contribution in [1.29, 1.82) is 0 Å². The molecule has 26 heavy (non-hydrogen) atoms. The van der Waals surface area contributed by atoms with Crippen LogP contribution in [-0.2, 0) is 14.8 Å². The zero-order valence-corrected chi connectivity index (χ0v) is 15.4. The second-order valence-electron chi connectivity index (χ2n) is 6.57.